The molecule has 1 aromatic carbocycles. The molecule has 4 nitrogen and oxygen atoms in total. The van der Waals surface area contributed by atoms with E-state index >= 15 is 0 Å². The van der Waals surface area contributed by atoms with E-state index in [9.17, 15) is 9.18 Å². The second-order valence-corrected chi connectivity index (χ2v) is 4.93. The molecular formula is C16H14FN3O. The zero-order valence-corrected chi connectivity index (χ0v) is 11.7. The maximum atomic E-state index is 13.8. The van der Waals surface area contributed by atoms with E-state index in [1.54, 1.807) is 42.1 Å². The fourth-order valence-electron chi connectivity index (χ4n) is 2.33. The summed E-state index contributed by atoms with van der Waals surface area (Å²) in [7, 11) is 1.74. The van der Waals surface area contributed by atoms with E-state index in [0.29, 0.717) is 22.4 Å². The number of carbonyl (C=O) groups excluding carboxylic acids is 1. The zero-order chi connectivity index (χ0) is 15.0. The fourth-order valence-corrected chi connectivity index (χ4v) is 2.33. The van der Waals surface area contributed by atoms with Gasteiger partial charge in [-0.2, -0.15) is 0 Å². The number of hydrogen-bond acceptors (Lipinski definition) is 2. The van der Waals surface area contributed by atoms with Crippen LogP contribution in [-0.2, 0) is 7.05 Å². The van der Waals surface area contributed by atoms with Crippen molar-refractivity contribution in [1.29, 1.82) is 0 Å². The molecule has 106 valence electrons. The maximum Gasteiger partial charge on any atom is 0.273 e. The van der Waals surface area contributed by atoms with Gasteiger partial charge >= 0.3 is 0 Å². The average Bonchev–Trinajstić information content (AvgIpc) is 2.78. The summed E-state index contributed by atoms with van der Waals surface area (Å²) in [6.07, 6.45) is 1.63. The van der Waals surface area contributed by atoms with Gasteiger partial charge in [0.1, 0.15) is 17.3 Å². The van der Waals surface area contributed by atoms with Crippen LogP contribution < -0.4 is 5.32 Å². The largest absolute Gasteiger partial charge is 0.340 e. The molecular weight excluding hydrogens is 269 g/mol. The highest BCUT2D eigenvalue weighted by molar-refractivity contribution is 6.06. The van der Waals surface area contributed by atoms with Crippen molar-refractivity contribution in [2.24, 2.45) is 7.05 Å². The number of rotatable bonds is 2. The van der Waals surface area contributed by atoms with Crippen LogP contribution in [0.25, 0.3) is 10.9 Å². The number of fused-ring (bicyclic) bond motifs is 1. The molecule has 0 fully saturated rings. The Labute approximate surface area is 121 Å². The molecule has 0 aliphatic carbocycles. The van der Waals surface area contributed by atoms with Crippen molar-refractivity contribution >= 4 is 22.6 Å². The number of hydrogen-bond donors (Lipinski definition) is 1. The highest BCUT2D eigenvalue weighted by atomic mass is 19.1. The molecule has 0 atom stereocenters. The van der Waals surface area contributed by atoms with Crippen LogP contribution in [0.5, 0.6) is 0 Å². The van der Waals surface area contributed by atoms with E-state index in [1.807, 2.05) is 13.0 Å². The lowest BCUT2D eigenvalue weighted by Crippen LogP contribution is -2.16. The average molecular weight is 283 g/mol. The minimum atomic E-state index is -0.337. The number of amides is 1. The fraction of sp³-hybridized carbons (Fsp3) is 0.125. The first kappa shape index (κ1) is 13.3. The van der Waals surface area contributed by atoms with Crippen molar-refractivity contribution in [2.45, 2.75) is 6.92 Å². The first-order chi connectivity index (χ1) is 10.1. The predicted molar refractivity (Wildman–Crippen MR) is 79.8 cm³/mol. The molecule has 2 heterocycles. The second-order valence-electron chi connectivity index (χ2n) is 4.93. The first-order valence-electron chi connectivity index (χ1n) is 6.54. The Morgan fingerprint density at radius 3 is 2.81 bits per heavy atom. The number of nitrogens with zero attached hydrogens (tertiary/aromatic N) is 2. The second kappa shape index (κ2) is 5.01. The minimum Gasteiger partial charge on any atom is -0.340 e. The van der Waals surface area contributed by atoms with Crippen molar-refractivity contribution in [3.63, 3.8) is 0 Å². The highest BCUT2D eigenvalue weighted by Crippen LogP contribution is 2.22. The summed E-state index contributed by atoms with van der Waals surface area (Å²) in [6.45, 7) is 1.92. The van der Waals surface area contributed by atoms with Crippen LogP contribution in [0.2, 0.25) is 0 Å². The number of carbonyl (C=O) groups is 1. The molecule has 2 aromatic heterocycles. The molecule has 0 saturated carbocycles. The molecule has 0 spiro atoms. The molecule has 3 rings (SSSR count). The number of pyridine rings is 1. The van der Waals surface area contributed by atoms with E-state index in [1.165, 1.54) is 6.07 Å². The Balaban J connectivity index is 1.98. The van der Waals surface area contributed by atoms with Gasteiger partial charge in [-0.1, -0.05) is 6.07 Å². The van der Waals surface area contributed by atoms with Gasteiger partial charge in [0.15, 0.2) is 0 Å². The van der Waals surface area contributed by atoms with Crippen LogP contribution in [0.4, 0.5) is 10.2 Å². The van der Waals surface area contributed by atoms with Crippen molar-refractivity contribution in [3.8, 4) is 0 Å². The quantitative estimate of drug-likeness (QED) is 0.784. The molecule has 0 bridgehead atoms. The van der Waals surface area contributed by atoms with Crippen LogP contribution in [0.1, 0.15) is 16.1 Å². The Morgan fingerprint density at radius 1 is 1.29 bits per heavy atom. The summed E-state index contributed by atoms with van der Waals surface area (Å²) in [5.74, 6) is -0.173. The number of halogens is 1. The summed E-state index contributed by atoms with van der Waals surface area (Å²) in [4.78, 5) is 16.4. The van der Waals surface area contributed by atoms with E-state index in [0.717, 1.165) is 5.56 Å². The SMILES string of the molecule is Cc1ccnc(NC(=O)c2cc3c(F)cccc3n2C)c1. The van der Waals surface area contributed by atoms with Crippen molar-refractivity contribution < 1.29 is 9.18 Å². The van der Waals surface area contributed by atoms with Crippen molar-refractivity contribution in [1.82, 2.24) is 9.55 Å². The van der Waals surface area contributed by atoms with Crippen LogP contribution in [0.3, 0.4) is 0 Å². The summed E-state index contributed by atoms with van der Waals surface area (Å²) in [6, 6.07) is 9.96. The van der Waals surface area contributed by atoms with Gasteiger partial charge in [0, 0.05) is 18.6 Å². The van der Waals surface area contributed by atoms with E-state index in [-0.39, 0.29) is 11.7 Å². The van der Waals surface area contributed by atoms with Gasteiger partial charge in [0.25, 0.3) is 5.91 Å². The third-order valence-corrected chi connectivity index (χ3v) is 3.42. The molecule has 3 aromatic rings. The van der Waals surface area contributed by atoms with Crippen LogP contribution in [0, 0.1) is 12.7 Å². The Kier molecular flexibility index (Phi) is 3.17. The standard InChI is InChI=1S/C16H14FN3O/c1-10-6-7-18-15(8-10)19-16(21)14-9-11-12(17)4-3-5-13(11)20(14)2/h3-9H,1-2H3,(H,18,19,21). The molecule has 21 heavy (non-hydrogen) atoms. The predicted octanol–water partition coefficient (Wildman–Crippen LogP) is 3.27. The lowest BCUT2D eigenvalue weighted by atomic mass is 10.2. The van der Waals surface area contributed by atoms with Gasteiger partial charge in [0.05, 0.1) is 5.52 Å². The smallest absolute Gasteiger partial charge is 0.273 e. The van der Waals surface area contributed by atoms with E-state index < -0.39 is 0 Å². The molecule has 0 aliphatic heterocycles. The highest BCUT2D eigenvalue weighted by Gasteiger charge is 2.15. The monoisotopic (exact) mass is 283 g/mol. The van der Waals surface area contributed by atoms with Gasteiger partial charge < -0.3 is 9.88 Å². The van der Waals surface area contributed by atoms with Crippen LogP contribution >= 0.6 is 0 Å². The van der Waals surface area contributed by atoms with Crippen molar-refractivity contribution in [3.05, 3.63) is 59.7 Å². The normalized spacial score (nSPS) is 10.8. The van der Waals surface area contributed by atoms with Gasteiger partial charge in [0.2, 0.25) is 0 Å². The molecule has 5 heteroatoms. The summed E-state index contributed by atoms with van der Waals surface area (Å²) in [5, 5.41) is 3.16. The third-order valence-electron chi connectivity index (χ3n) is 3.42. The third kappa shape index (κ3) is 2.38. The van der Waals surface area contributed by atoms with E-state index in [4.69, 9.17) is 0 Å². The lowest BCUT2D eigenvalue weighted by Gasteiger charge is -2.06. The summed E-state index contributed by atoms with van der Waals surface area (Å²) in [5.41, 5.74) is 2.07. The Hall–Kier alpha value is -2.69. The summed E-state index contributed by atoms with van der Waals surface area (Å²) < 4.78 is 15.4. The molecule has 0 radical (unpaired) electrons. The molecule has 1 N–H and O–H groups in total. The zero-order valence-electron chi connectivity index (χ0n) is 11.7. The Morgan fingerprint density at radius 2 is 2.10 bits per heavy atom. The minimum absolute atomic E-state index is 0.314. The Bertz CT molecular complexity index is 839. The number of aromatic nitrogens is 2. The van der Waals surface area contributed by atoms with E-state index in [2.05, 4.69) is 10.3 Å². The number of aryl methyl sites for hydroxylation is 2. The van der Waals surface area contributed by atoms with Crippen LogP contribution in [0.15, 0.2) is 42.6 Å². The molecule has 1 amide bonds. The van der Waals surface area contributed by atoms with Crippen LogP contribution in [-0.4, -0.2) is 15.5 Å². The van der Waals surface area contributed by atoms with Gasteiger partial charge in [-0.25, -0.2) is 9.37 Å². The topological polar surface area (TPSA) is 46.9 Å². The molecule has 0 unspecified atom stereocenters. The van der Waals surface area contributed by atoms with Gasteiger partial charge in [-0.15, -0.1) is 0 Å². The number of benzene rings is 1. The maximum absolute atomic E-state index is 13.8. The lowest BCUT2D eigenvalue weighted by molar-refractivity contribution is 0.101. The molecule has 0 saturated heterocycles. The number of nitrogens with one attached hydrogen (secondary N) is 1. The first-order valence-corrected chi connectivity index (χ1v) is 6.54. The van der Waals surface area contributed by atoms with Gasteiger partial charge in [-0.05, 0) is 42.8 Å². The summed E-state index contributed by atoms with van der Waals surface area (Å²) >= 11 is 0. The van der Waals surface area contributed by atoms with Crippen molar-refractivity contribution in [2.75, 3.05) is 5.32 Å². The van der Waals surface area contributed by atoms with Gasteiger partial charge in [-0.3, -0.25) is 4.79 Å². The molecule has 0 aliphatic rings. The number of anilines is 1.